The monoisotopic (exact) mass is 349 g/mol. The molecular formula is C21H23N3O2. The molecule has 3 aromatic rings. The minimum Gasteiger partial charge on any atom is -0.504 e. The average molecular weight is 349 g/mol. The number of methoxy groups -OCH3 is 1. The topological polar surface area (TPSA) is 58.5 Å². The van der Waals surface area contributed by atoms with Crippen LogP contribution in [0.15, 0.2) is 42.5 Å². The molecule has 1 aliphatic heterocycles. The minimum atomic E-state index is 0.0724. The molecule has 26 heavy (non-hydrogen) atoms. The first kappa shape index (κ1) is 16.6. The standard InChI is InChI=1S/C21H23N3O2/c1-14-7-6-12-24(13-14)21-15-8-3-4-10-17(15)22-20(23-21)16-9-5-11-18(26-2)19(16)25/h3-5,8-11,14,25H,6-7,12-13H2,1-2H3. The van der Waals surface area contributed by atoms with Crippen molar-refractivity contribution in [1.82, 2.24) is 9.97 Å². The number of para-hydroxylation sites is 2. The van der Waals surface area contributed by atoms with Crippen LogP contribution in [0.25, 0.3) is 22.3 Å². The molecule has 1 atom stereocenters. The molecule has 0 radical (unpaired) electrons. The van der Waals surface area contributed by atoms with Crippen LogP contribution in [0.1, 0.15) is 19.8 Å². The Morgan fingerprint density at radius 1 is 1.12 bits per heavy atom. The van der Waals surface area contributed by atoms with Crippen LogP contribution in [-0.4, -0.2) is 35.3 Å². The van der Waals surface area contributed by atoms with E-state index < -0.39 is 0 Å². The van der Waals surface area contributed by atoms with Crippen LogP contribution in [0.4, 0.5) is 5.82 Å². The van der Waals surface area contributed by atoms with Crippen LogP contribution >= 0.6 is 0 Å². The van der Waals surface area contributed by atoms with Crippen LogP contribution in [0, 0.1) is 5.92 Å². The summed E-state index contributed by atoms with van der Waals surface area (Å²) < 4.78 is 5.24. The fourth-order valence-electron chi connectivity index (χ4n) is 3.67. The molecule has 0 saturated carbocycles. The van der Waals surface area contributed by atoms with E-state index in [0.29, 0.717) is 23.1 Å². The molecular weight excluding hydrogens is 326 g/mol. The third kappa shape index (κ3) is 2.94. The van der Waals surface area contributed by atoms with E-state index in [9.17, 15) is 5.11 Å². The number of nitrogens with zero attached hydrogens (tertiary/aromatic N) is 3. The van der Waals surface area contributed by atoms with E-state index in [4.69, 9.17) is 14.7 Å². The summed E-state index contributed by atoms with van der Waals surface area (Å²) in [4.78, 5) is 11.9. The molecule has 4 rings (SSSR count). The largest absolute Gasteiger partial charge is 0.504 e. The predicted octanol–water partition coefficient (Wildman–Crippen LogP) is 4.25. The van der Waals surface area contributed by atoms with Crippen LogP contribution in [0.5, 0.6) is 11.5 Å². The van der Waals surface area contributed by atoms with Crippen molar-refractivity contribution in [3.63, 3.8) is 0 Å². The number of aromatic hydroxyl groups is 1. The molecule has 1 saturated heterocycles. The number of rotatable bonds is 3. The first-order chi connectivity index (χ1) is 12.7. The van der Waals surface area contributed by atoms with E-state index in [2.05, 4.69) is 17.9 Å². The number of phenolic OH excluding ortho intramolecular Hbond substituents is 1. The Bertz CT molecular complexity index is 942. The predicted molar refractivity (Wildman–Crippen MR) is 104 cm³/mol. The molecule has 1 aromatic heterocycles. The highest BCUT2D eigenvalue weighted by molar-refractivity contribution is 5.91. The van der Waals surface area contributed by atoms with Gasteiger partial charge in [-0.2, -0.15) is 0 Å². The van der Waals surface area contributed by atoms with E-state index in [-0.39, 0.29) is 5.75 Å². The fourth-order valence-corrected chi connectivity index (χ4v) is 3.67. The highest BCUT2D eigenvalue weighted by atomic mass is 16.5. The van der Waals surface area contributed by atoms with Crippen LogP contribution in [0.2, 0.25) is 0 Å². The zero-order valence-corrected chi connectivity index (χ0v) is 15.1. The molecule has 5 nitrogen and oxygen atoms in total. The van der Waals surface area contributed by atoms with Gasteiger partial charge in [0.2, 0.25) is 0 Å². The summed E-state index contributed by atoms with van der Waals surface area (Å²) in [5, 5.41) is 11.6. The van der Waals surface area contributed by atoms with Crippen LogP contribution < -0.4 is 9.64 Å². The molecule has 0 spiro atoms. The first-order valence-corrected chi connectivity index (χ1v) is 9.05. The highest BCUT2D eigenvalue weighted by Gasteiger charge is 2.22. The van der Waals surface area contributed by atoms with Gasteiger partial charge in [-0.1, -0.05) is 25.1 Å². The summed E-state index contributed by atoms with van der Waals surface area (Å²) in [5.41, 5.74) is 1.47. The lowest BCUT2D eigenvalue weighted by atomic mass is 10.00. The van der Waals surface area contributed by atoms with Gasteiger partial charge in [0.1, 0.15) is 5.82 Å². The Morgan fingerprint density at radius 2 is 1.96 bits per heavy atom. The van der Waals surface area contributed by atoms with Gasteiger partial charge in [0.25, 0.3) is 0 Å². The minimum absolute atomic E-state index is 0.0724. The molecule has 2 aromatic carbocycles. The number of piperidine rings is 1. The summed E-state index contributed by atoms with van der Waals surface area (Å²) in [7, 11) is 1.54. The third-order valence-electron chi connectivity index (χ3n) is 5.00. The van der Waals surface area contributed by atoms with Crippen molar-refractivity contribution < 1.29 is 9.84 Å². The van der Waals surface area contributed by atoms with E-state index >= 15 is 0 Å². The Labute approximate surface area is 153 Å². The van der Waals surface area contributed by atoms with Gasteiger partial charge in [0.05, 0.1) is 18.2 Å². The van der Waals surface area contributed by atoms with E-state index in [1.807, 2.05) is 30.3 Å². The number of hydrogen-bond acceptors (Lipinski definition) is 5. The Kier molecular flexibility index (Phi) is 4.37. The van der Waals surface area contributed by atoms with E-state index in [0.717, 1.165) is 29.8 Å². The number of benzene rings is 2. The van der Waals surface area contributed by atoms with Gasteiger partial charge in [0, 0.05) is 18.5 Å². The molecule has 0 amide bonds. The maximum absolute atomic E-state index is 10.5. The van der Waals surface area contributed by atoms with Gasteiger partial charge in [-0.15, -0.1) is 0 Å². The van der Waals surface area contributed by atoms with Crippen molar-refractivity contribution in [2.24, 2.45) is 5.92 Å². The van der Waals surface area contributed by atoms with E-state index in [1.54, 1.807) is 13.2 Å². The number of fused-ring (bicyclic) bond motifs is 1. The lowest BCUT2D eigenvalue weighted by Crippen LogP contribution is -2.35. The zero-order chi connectivity index (χ0) is 18.1. The second-order valence-electron chi connectivity index (χ2n) is 6.94. The number of hydrogen-bond donors (Lipinski definition) is 1. The lowest BCUT2D eigenvalue weighted by molar-refractivity contribution is 0.374. The summed E-state index contributed by atoms with van der Waals surface area (Å²) in [6.45, 7) is 4.27. The average Bonchev–Trinajstić information content (AvgIpc) is 2.67. The van der Waals surface area contributed by atoms with Gasteiger partial charge < -0.3 is 14.7 Å². The molecule has 1 aliphatic rings. The van der Waals surface area contributed by atoms with Crippen LogP contribution in [-0.2, 0) is 0 Å². The van der Waals surface area contributed by atoms with Gasteiger partial charge in [-0.05, 0) is 43.0 Å². The number of phenols is 1. The summed E-state index contributed by atoms with van der Waals surface area (Å²) in [6, 6.07) is 13.5. The summed E-state index contributed by atoms with van der Waals surface area (Å²) in [5.74, 6) is 2.61. The van der Waals surface area contributed by atoms with Gasteiger partial charge in [0.15, 0.2) is 17.3 Å². The zero-order valence-electron chi connectivity index (χ0n) is 15.1. The maximum atomic E-state index is 10.5. The quantitative estimate of drug-likeness (QED) is 0.766. The molecule has 5 heteroatoms. The van der Waals surface area contributed by atoms with E-state index in [1.165, 1.54) is 12.8 Å². The van der Waals surface area contributed by atoms with Crippen molar-refractivity contribution in [3.8, 4) is 22.9 Å². The number of anilines is 1. The van der Waals surface area contributed by atoms with Gasteiger partial charge >= 0.3 is 0 Å². The summed E-state index contributed by atoms with van der Waals surface area (Å²) >= 11 is 0. The molecule has 134 valence electrons. The van der Waals surface area contributed by atoms with Crippen molar-refractivity contribution in [3.05, 3.63) is 42.5 Å². The smallest absolute Gasteiger partial charge is 0.168 e. The normalized spacial score (nSPS) is 17.5. The SMILES string of the molecule is COc1cccc(-c2nc(N3CCCC(C)C3)c3ccccc3n2)c1O. The number of ether oxygens (including phenoxy) is 1. The van der Waals surface area contributed by atoms with Crippen molar-refractivity contribution in [2.75, 3.05) is 25.1 Å². The second kappa shape index (κ2) is 6.83. The third-order valence-corrected chi connectivity index (χ3v) is 5.00. The van der Waals surface area contributed by atoms with Crippen LogP contribution in [0.3, 0.4) is 0 Å². The number of aromatic nitrogens is 2. The molecule has 0 bridgehead atoms. The lowest BCUT2D eigenvalue weighted by Gasteiger charge is -2.32. The van der Waals surface area contributed by atoms with Crippen molar-refractivity contribution >= 4 is 16.7 Å². The fraction of sp³-hybridized carbons (Fsp3) is 0.333. The Morgan fingerprint density at radius 3 is 2.77 bits per heavy atom. The molecule has 0 aliphatic carbocycles. The van der Waals surface area contributed by atoms with Crippen molar-refractivity contribution in [2.45, 2.75) is 19.8 Å². The molecule has 2 heterocycles. The van der Waals surface area contributed by atoms with Gasteiger partial charge in [-0.3, -0.25) is 0 Å². The first-order valence-electron chi connectivity index (χ1n) is 9.05. The van der Waals surface area contributed by atoms with Crippen molar-refractivity contribution in [1.29, 1.82) is 0 Å². The highest BCUT2D eigenvalue weighted by Crippen LogP contribution is 2.37. The Hall–Kier alpha value is -2.82. The molecule has 1 fully saturated rings. The van der Waals surface area contributed by atoms with Gasteiger partial charge in [-0.25, -0.2) is 9.97 Å². The summed E-state index contributed by atoms with van der Waals surface area (Å²) in [6.07, 6.45) is 2.42. The molecule has 1 unspecified atom stereocenters. The molecule has 1 N–H and O–H groups in total. The Balaban J connectivity index is 1.89. The second-order valence-corrected chi connectivity index (χ2v) is 6.94. The maximum Gasteiger partial charge on any atom is 0.168 e.